The van der Waals surface area contributed by atoms with Gasteiger partial charge in [0.1, 0.15) is 12.1 Å². The molecule has 17 heavy (non-hydrogen) atoms. The van der Waals surface area contributed by atoms with Gasteiger partial charge in [0.2, 0.25) is 5.91 Å². The maximum atomic E-state index is 11.1. The van der Waals surface area contributed by atoms with E-state index in [2.05, 4.69) is 20.8 Å². The smallest absolute Gasteiger partial charge is 0.221 e. The van der Waals surface area contributed by atoms with E-state index in [0.29, 0.717) is 11.4 Å². The van der Waals surface area contributed by atoms with Gasteiger partial charge in [-0.3, -0.25) is 4.79 Å². The van der Waals surface area contributed by atoms with Crippen molar-refractivity contribution < 1.29 is 9.53 Å². The Morgan fingerprint density at radius 3 is 2.88 bits per heavy atom. The quantitative estimate of drug-likeness (QED) is 0.840. The molecule has 1 heterocycles. The second-order valence-corrected chi connectivity index (χ2v) is 3.32. The first-order valence-electron chi connectivity index (χ1n) is 4.89. The highest BCUT2D eigenvalue weighted by molar-refractivity contribution is 5.90. The molecule has 1 N–H and O–H groups in total. The van der Waals surface area contributed by atoms with E-state index in [1.165, 1.54) is 25.0 Å². The number of tetrazole rings is 1. The number of aromatic nitrogens is 4. The summed E-state index contributed by atoms with van der Waals surface area (Å²) in [6.45, 7) is 1.43. The molecule has 88 valence electrons. The van der Waals surface area contributed by atoms with Crippen molar-refractivity contribution in [2.45, 2.75) is 6.92 Å². The van der Waals surface area contributed by atoms with Gasteiger partial charge < -0.3 is 10.1 Å². The van der Waals surface area contributed by atoms with Crippen molar-refractivity contribution in [3.63, 3.8) is 0 Å². The molecule has 0 aliphatic carbocycles. The molecule has 1 amide bonds. The SMILES string of the molecule is COc1ccc(-n2cnnn2)cc1NC(C)=O. The molecule has 0 unspecified atom stereocenters. The predicted octanol–water partition coefficient (Wildman–Crippen LogP) is 0.629. The van der Waals surface area contributed by atoms with E-state index in [-0.39, 0.29) is 5.91 Å². The zero-order valence-corrected chi connectivity index (χ0v) is 9.41. The second kappa shape index (κ2) is 4.60. The van der Waals surface area contributed by atoms with Gasteiger partial charge in [0.05, 0.1) is 18.5 Å². The average molecular weight is 233 g/mol. The largest absolute Gasteiger partial charge is 0.495 e. The molecule has 1 aromatic heterocycles. The van der Waals surface area contributed by atoms with Crippen molar-refractivity contribution in [3.8, 4) is 11.4 Å². The number of ether oxygens (including phenoxy) is 1. The molecule has 0 aliphatic rings. The number of nitrogens with one attached hydrogen (secondary N) is 1. The van der Waals surface area contributed by atoms with Gasteiger partial charge >= 0.3 is 0 Å². The number of carbonyl (C=O) groups is 1. The Kier molecular flexibility index (Phi) is 2.99. The summed E-state index contributed by atoms with van der Waals surface area (Å²) in [6.07, 6.45) is 1.47. The molecule has 0 radical (unpaired) electrons. The Morgan fingerprint density at radius 1 is 1.47 bits per heavy atom. The summed E-state index contributed by atoms with van der Waals surface area (Å²) in [5.41, 5.74) is 1.31. The zero-order valence-electron chi connectivity index (χ0n) is 9.41. The monoisotopic (exact) mass is 233 g/mol. The normalized spacial score (nSPS) is 10.0. The topological polar surface area (TPSA) is 81.9 Å². The standard InChI is InChI=1S/C10H11N5O2/c1-7(16)12-9-5-8(3-4-10(9)17-2)15-6-11-13-14-15/h3-6H,1-2H3,(H,12,16). The van der Waals surface area contributed by atoms with Crippen LogP contribution in [0.2, 0.25) is 0 Å². The molecule has 7 nitrogen and oxygen atoms in total. The molecule has 2 aromatic rings. The van der Waals surface area contributed by atoms with Crippen LogP contribution in [0, 0.1) is 0 Å². The van der Waals surface area contributed by atoms with E-state index in [9.17, 15) is 4.79 Å². The molecule has 0 spiro atoms. The predicted molar refractivity (Wildman–Crippen MR) is 60.0 cm³/mol. The van der Waals surface area contributed by atoms with Crippen molar-refractivity contribution >= 4 is 11.6 Å². The number of carbonyl (C=O) groups excluding carboxylic acids is 1. The maximum absolute atomic E-state index is 11.1. The zero-order chi connectivity index (χ0) is 12.3. The van der Waals surface area contributed by atoms with Crippen LogP contribution in [0.5, 0.6) is 5.75 Å². The van der Waals surface area contributed by atoms with Gasteiger partial charge in [0.15, 0.2) is 0 Å². The van der Waals surface area contributed by atoms with Gasteiger partial charge in [-0.2, -0.15) is 0 Å². The van der Waals surface area contributed by atoms with Crippen LogP contribution in [0.1, 0.15) is 6.92 Å². The van der Waals surface area contributed by atoms with Gasteiger partial charge in [-0.1, -0.05) is 0 Å². The van der Waals surface area contributed by atoms with Crippen molar-refractivity contribution in [1.29, 1.82) is 0 Å². The number of hydrogen-bond donors (Lipinski definition) is 1. The van der Waals surface area contributed by atoms with Crippen molar-refractivity contribution in [3.05, 3.63) is 24.5 Å². The van der Waals surface area contributed by atoms with Crippen LogP contribution in [-0.4, -0.2) is 33.2 Å². The number of methoxy groups -OCH3 is 1. The van der Waals surface area contributed by atoms with Crippen LogP contribution in [-0.2, 0) is 4.79 Å². The summed E-state index contributed by atoms with van der Waals surface area (Å²) in [4.78, 5) is 11.1. The van der Waals surface area contributed by atoms with Crippen molar-refractivity contribution in [2.24, 2.45) is 0 Å². The Bertz CT molecular complexity index is 523. The molecule has 0 saturated carbocycles. The maximum Gasteiger partial charge on any atom is 0.221 e. The van der Waals surface area contributed by atoms with Crippen LogP contribution in [0.25, 0.3) is 5.69 Å². The molecule has 1 aromatic carbocycles. The number of nitrogens with zero attached hydrogens (tertiary/aromatic N) is 4. The molecular formula is C10H11N5O2. The summed E-state index contributed by atoms with van der Waals surface area (Å²) in [5, 5.41) is 13.5. The van der Waals surface area contributed by atoms with E-state index in [1.54, 1.807) is 18.2 Å². The lowest BCUT2D eigenvalue weighted by atomic mass is 10.2. The highest BCUT2D eigenvalue weighted by atomic mass is 16.5. The van der Waals surface area contributed by atoms with Crippen molar-refractivity contribution in [2.75, 3.05) is 12.4 Å². The minimum absolute atomic E-state index is 0.169. The summed E-state index contributed by atoms with van der Waals surface area (Å²) in [6, 6.07) is 5.26. The van der Waals surface area contributed by atoms with Gasteiger partial charge in [-0.15, -0.1) is 5.10 Å². The number of benzene rings is 1. The minimum atomic E-state index is -0.169. The van der Waals surface area contributed by atoms with Gasteiger partial charge in [0.25, 0.3) is 0 Å². The first-order valence-corrected chi connectivity index (χ1v) is 4.89. The summed E-state index contributed by atoms with van der Waals surface area (Å²) in [5.74, 6) is 0.411. The van der Waals surface area contributed by atoms with E-state index >= 15 is 0 Å². The van der Waals surface area contributed by atoms with Gasteiger partial charge in [0, 0.05) is 6.92 Å². The highest BCUT2D eigenvalue weighted by Crippen LogP contribution is 2.26. The van der Waals surface area contributed by atoms with E-state index < -0.39 is 0 Å². The van der Waals surface area contributed by atoms with Crippen LogP contribution < -0.4 is 10.1 Å². The number of hydrogen-bond acceptors (Lipinski definition) is 5. The second-order valence-electron chi connectivity index (χ2n) is 3.32. The van der Waals surface area contributed by atoms with Gasteiger partial charge in [-0.05, 0) is 28.6 Å². The van der Waals surface area contributed by atoms with Crippen LogP contribution in [0.4, 0.5) is 5.69 Å². The lowest BCUT2D eigenvalue weighted by Gasteiger charge is -2.10. The molecular weight excluding hydrogens is 222 g/mol. The fraction of sp³-hybridized carbons (Fsp3) is 0.200. The molecule has 0 aliphatic heterocycles. The third-order valence-electron chi connectivity index (χ3n) is 2.11. The Balaban J connectivity index is 2.41. The third kappa shape index (κ3) is 2.39. The Labute approximate surface area is 97.4 Å². The first kappa shape index (κ1) is 11.1. The highest BCUT2D eigenvalue weighted by Gasteiger charge is 2.07. The number of anilines is 1. The lowest BCUT2D eigenvalue weighted by Crippen LogP contribution is -2.08. The molecule has 0 fully saturated rings. The summed E-state index contributed by atoms with van der Waals surface area (Å²) < 4.78 is 6.63. The molecule has 0 bridgehead atoms. The molecule has 0 saturated heterocycles. The Morgan fingerprint density at radius 2 is 2.29 bits per heavy atom. The Hall–Kier alpha value is -2.44. The van der Waals surface area contributed by atoms with Crippen LogP contribution >= 0.6 is 0 Å². The number of rotatable bonds is 3. The van der Waals surface area contributed by atoms with E-state index in [4.69, 9.17) is 4.74 Å². The molecule has 2 rings (SSSR count). The van der Waals surface area contributed by atoms with Crippen LogP contribution in [0.15, 0.2) is 24.5 Å². The summed E-state index contributed by atoms with van der Waals surface area (Å²) >= 11 is 0. The van der Waals surface area contributed by atoms with E-state index in [0.717, 1.165) is 5.69 Å². The fourth-order valence-electron chi connectivity index (χ4n) is 1.41. The fourth-order valence-corrected chi connectivity index (χ4v) is 1.41. The first-order chi connectivity index (χ1) is 8.20. The average Bonchev–Trinajstić information content (AvgIpc) is 2.81. The molecule has 7 heteroatoms. The lowest BCUT2D eigenvalue weighted by molar-refractivity contribution is -0.114. The number of amides is 1. The minimum Gasteiger partial charge on any atom is -0.495 e. The molecule has 0 atom stereocenters. The van der Waals surface area contributed by atoms with Crippen LogP contribution in [0.3, 0.4) is 0 Å². The van der Waals surface area contributed by atoms with Crippen molar-refractivity contribution in [1.82, 2.24) is 20.2 Å². The third-order valence-corrected chi connectivity index (χ3v) is 2.11. The van der Waals surface area contributed by atoms with Gasteiger partial charge in [-0.25, -0.2) is 4.68 Å². The summed E-state index contributed by atoms with van der Waals surface area (Å²) in [7, 11) is 1.54. The van der Waals surface area contributed by atoms with E-state index in [1.807, 2.05) is 0 Å².